The van der Waals surface area contributed by atoms with Crippen LogP contribution in [0.5, 0.6) is 0 Å². The lowest BCUT2D eigenvalue weighted by Gasteiger charge is -2.22. The Labute approximate surface area is 85.7 Å². The van der Waals surface area contributed by atoms with E-state index < -0.39 is 0 Å². The number of anilines is 1. The van der Waals surface area contributed by atoms with Crippen molar-refractivity contribution in [1.82, 2.24) is 0 Å². The molecule has 76 valence electrons. The molecule has 1 aromatic rings. The third-order valence-corrected chi connectivity index (χ3v) is 2.99. The molecular weight excluding hydrogens is 172 g/mol. The highest BCUT2D eigenvalue weighted by Gasteiger charge is 2.14. The minimum absolute atomic E-state index is 0.646. The fraction of sp³-hybridized carbons (Fsp3) is 0.500. The lowest BCUT2D eigenvalue weighted by atomic mass is 10.0. The summed E-state index contributed by atoms with van der Waals surface area (Å²) in [6.45, 7) is 1.80. The molecule has 14 heavy (non-hydrogen) atoms. The number of aryl methyl sites for hydroxylation is 1. The van der Waals surface area contributed by atoms with Gasteiger partial charge in [-0.25, -0.2) is 0 Å². The van der Waals surface area contributed by atoms with E-state index in [9.17, 15) is 0 Å². The van der Waals surface area contributed by atoms with Gasteiger partial charge in [0.2, 0.25) is 0 Å². The molecule has 1 heterocycles. The molecular formula is C12H18N2. The molecule has 1 aromatic carbocycles. The molecule has 2 N–H and O–H groups in total. The van der Waals surface area contributed by atoms with E-state index in [0.29, 0.717) is 6.54 Å². The summed E-state index contributed by atoms with van der Waals surface area (Å²) in [7, 11) is 2.17. The number of nitrogens with zero attached hydrogens (tertiary/aromatic N) is 1. The van der Waals surface area contributed by atoms with Crippen LogP contribution in [0.25, 0.3) is 0 Å². The highest BCUT2D eigenvalue weighted by molar-refractivity contribution is 5.60. The predicted molar refractivity (Wildman–Crippen MR) is 60.5 cm³/mol. The zero-order valence-electron chi connectivity index (χ0n) is 8.79. The Morgan fingerprint density at radius 2 is 2.21 bits per heavy atom. The highest BCUT2D eigenvalue weighted by Crippen LogP contribution is 2.28. The third-order valence-electron chi connectivity index (χ3n) is 2.99. The van der Waals surface area contributed by atoms with E-state index in [0.717, 1.165) is 6.54 Å². The maximum Gasteiger partial charge on any atom is 0.0441 e. The van der Waals surface area contributed by atoms with Crippen molar-refractivity contribution in [2.45, 2.75) is 25.8 Å². The van der Waals surface area contributed by atoms with Gasteiger partial charge in [-0.3, -0.25) is 0 Å². The second-order valence-electron chi connectivity index (χ2n) is 4.01. The number of para-hydroxylation sites is 1. The second kappa shape index (κ2) is 4.01. The standard InChI is InChI=1S/C12H18N2/c1-14-8-3-2-5-10-6-4-7-11(9-13)12(10)14/h4,6-7H,2-3,5,8-9,13H2,1H3. The van der Waals surface area contributed by atoms with Crippen molar-refractivity contribution in [2.75, 3.05) is 18.5 Å². The van der Waals surface area contributed by atoms with Crippen LogP contribution in [-0.4, -0.2) is 13.6 Å². The van der Waals surface area contributed by atoms with Crippen LogP contribution in [0, 0.1) is 0 Å². The van der Waals surface area contributed by atoms with Gasteiger partial charge in [-0.15, -0.1) is 0 Å². The first-order valence-corrected chi connectivity index (χ1v) is 5.35. The summed E-state index contributed by atoms with van der Waals surface area (Å²) in [4.78, 5) is 2.35. The molecule has 2 nitrogen and oxygen atoms in total. The Bertz CT molecular complexity index is 320. The summed E-state index contributed by atoms with van der Waals surface area (Å²) in [6.07, 6.45) is 3.79. The summed E-state index contributed by atoms with van der Waals surface area (Å²) in [5.41, 5.74) is 9.89. The minimum atomic E-state index is 0.646. The Hall–Kier alpha value is -1.02. The van der Waals surface area contributed by atoms with Gasteiger partial charge in [-0.05, 0) is 30.4 Å². The number of hydrogen-bond donors (Lipinski definition) is 1. The van der Waals surface area contributed by atoms with Crippen molar-refractivity contribution in [1.29, 1.82) is 0 Å². The molecule has 1 aliphatic heterocycles. The first kappa shape index (κ1) is 9.53. The van der Waals surface area contributed by atoms with Gasteiger partial charge in [-0.1, -0.05) is 18.2 Å². The van der Waals surface area contributed by atoms with Crippen molar-refractivity contribution < 1.29 is 0 Å². The van der Waals surface area contributed by atoms with Crippen LogP contribution in [0.1, 0.15) is 24.0 Å². The molecule has 0 radical (unpaired) electrons. The van der Waals surface area contributed by atoms with Crippen LogP contribution in [-0.2, 0) is 13.0 Å². The summed E-state index contributed by atoms with van der Waals surface area (Å²) in [6, 6.07) is 6.50. The normalized spacial score (nSPS) is 16.3. The topological polar surface area (TPSA) is 29.3 Å². The van der Waals surface area contributed by atoms with E-state index in [1.807, 2.05) is 0 Å². The quantitative estimate of drug-likeness (QED) is 0.733. The fourth-order valence-electron chi connectivity index (χ4n) is 2.28. The van der Waals surface area contributed by atoms with Crippen LogP contribution in [0.2, 0.25) is 0 Å². The van der Waals surface area contributed by atoms with Gasteiger partial charge in [0.25, 0.3) is 0 Å². The van der Waals surface area contributed by atoms with Gasteiger partial charge >= 0.3 is 0 Å². The molecule has 0 unspecified atom stereocenters. The molecule has 0 bridgehead atoms. The summed E-state index contributed by atoms with van der Waals surface area (Å²) < 4.78 is 0. The van der Waals surface area contributed by atoms with Crippen LogP contribution < -0.4 is 10.6 Å². The van der Waals surface area contributed by atoms with Crippen LogP contribution in [0.3, 0.4) is 0 Å². The van der Waals surface area contributed by atoms with Gasteiger partial charge < -0.3 is 10.6 Å². The number of hydrogen-bond acceptors (Lipinski definition) is 2. The van der Waals surface area contributed by atoms with Gasteiger partial charge in [0.05, 0.1) is 0 Å². The number of rotatable bonds is 1. The van der Waals surface area contributed by atoms with Gasteiger partial charge in [0.1, 0.15) is 0 Å². The monoisotopic (exact) mass is 190 g/mol. The number of nitrogens with two attached hydrogens (primary N) is 1. The van der Waals surface area contributed by atoms with E-state index in [1.54, 1.807) is 0 Å². The van der Waals surface area contributed by atoms with Crippen molar-refractivity contribution in [2.24, 2.45) is 5.73 Å². The molecule has 0 saturated carbocycles. The molecule has 0 saturated heterocycles. The van der Waals surface area contributed by atoms with E-state index in [1.165, 1.54) is 36.1 Å². The summed E-state index contributed by atoms with van der Waals surface area (Å²) in [5, 5.41) is 0. The zero-order valence-corrected chi connectivity index (χ0v) is 8.79. The van der Waals surface area contributed by atoms with Crippen molar-refractivity contribution in [3.8, 4) is 0 Å². The number of fused-ring (bicyclic) bond motifs is 1. The first-order valence-electron chi connectivity index (χ1n) is 5.35. The largest absolute Gasteiger partial charge is 0.374 e. The van der Waals surface area contributed by atoms with Crippen LogP contribution in [0.4, 0.5) is 5.69 Å². The molecule has 0 spiro atoms. The summed E-state index contributed by atoms with van der Waals surface area (Å²) in [5.74, 6) is 0. The predicted octanol–water partition coefficient (Wildman–Crippen LogP) is 1.92. The lowest BCUT2D eigenvalue weighted by Crippen LogP contribution is -2.20. The Morgan fingerprint density at radius 3 is 3.00 bits per heavy atom. The molecule has 0 fully saturated rings. The average Bonchev–Trinajstić information content (AvgIpc) is 2.40. The molecule has 0 aliphatic carbocycles. The van der Waals surface area contributed by atoms with E-state index >= 15 is 0 Å². The van der Waals surface area contributed by atoms with Crippen LogP contribution >= 0.6 is 0 Å². The van der Waals surface area contributed by atoms with Crippen LogP contribution in [0.15, 0.2) is 18.2 Å². The smallest absolute Gasteiger partial charge is 0.0441 e. The molecule has 1 aliphatic rings. The first-order chi connectivity index (χ1) is 6.83. The highest BCUT2D eigenvalue weighted by atomic mass is 15.1. The maximum atomic E-state index is 5.76. The second-order valence-corrected chi connectivity index (χ2v) is 4.01. The molecule has 0 atom stereocenters. The third kappa shape index (κ3) is 1.62. The zero-order chi connectivity index (χ0) is 9.97. The molecule has 0 aromatic heterocycles. The SMILES string of the molecule is CN1CCCCc2cccc(CN)c21. The minimum Gasteiger partial charge on any atom is -0.374 e. The lowest BCUT2D eigenvalue weighted by molar-refractivity contribution is 0.749. The summed E-state index contributed by atoms with van der Waals surface area (Å²) >= 11 is 0. The van der Waals surface area contributed by atoms with E-state index in [4.69, 9.17) is 5.73 Å². The average molecular weight is 190 g/mol. The van der Waals surface area contributed by atoms with Crippen molar-refractivity contribution >= 4 is 5.69 Å². The molecule has 0 amide bonds. The Morgan fingerprint density at radius 1 is 1.36 bits per heavy atom. The van der Waals surface area contributed by atoms with E-state index in [2.05, 4.69) is 30.1 Å². The maximum absolute atomic E-state index is 5.76. The van der Waals surface area contributed by atoms with Gasteiger partial charge in [0.15, 0.2) is 0 Å². The van der Waals surface area contributed by atoms with Gasteiger partial charge in [-0.2, -0.15) is 0 Å². The molecule has 2 rings (SSSR count). The fourth-order valence-corrected chi connectivity index (χ4v) is 2.28. The molecule has 2 heteroatoms. The Kier molecular flexibility index (Phi) is 2.73. The van der Waals surface area contributed by atoms with Crippen molar-refractivity contribution in [3.05, 3.63) is 29.3 Å². The number of benzene rings is 1. The van der Waals surface area contributed by atoms with Gasteiger partial charge in [0, 0.05) is 25.8 Å². The Balaban J connectivity index is 2.47. The van der Waals surface area contributed by atoms with Crippen molar-refractivity contribution in [3.63, 3.8) is 0 Å². The van der Waals surface area contributed by atoms with E-state index in [-0.39, 0.29) is 0 Å².